The Bertz CT molecular complexity index is 3860. The highest BCUT2D eigenvalue weighted by Gasteiger charge is 2.23. The molecule has 63 heavy (non-hydrogen) atoms. The number of thiophene rings is 2. The van der Waals surface area contributed by atoms with Crippen LogP contribution in [0.5, 0.6) is 0 Å². The van der Waals surface area contributed by atoms with Crippen molar-refractivity contribution in [1.29, 1.82) is 0 Å². The van der Waals surface area contributed by atoms with E-state index in [4.69, 9.17) is 19.4 Å². The van der Waals surface area contributed by atoms with Crippen molar-refractivity contribution >= 4 is 96.1 Å². The Morgan fingerprint density at radius 1 is 0.413 bits per heavy atom. The average Bonchev–Trinajstić information content (AvgIpc) is 4.05. The number of rotatable bonds is 6. The van der Waals surface area contributed by atoms with Crippen molar-refractivity contribution in [2.45, 2.75) is 12.8 Å². The van der Waals surface area contributed by atoms with E-state index in [9.17, 15) is 0 Å². The zero-order valence-corrected chi connectivity index (χ0v) is 35.5. The standard InChI is InChI=1S/C57H35N3OS2/c1-3-13-34(14-4-1)36-17-11-18-39(29-36)56-58-55(35-15-5-2-6-16-35)59-57(60-56)43-21-12-22-48-53(43)47-33-40(37-25-27-51-45(30-37)41-19-7-9-23-49(41)62-51)32-44(54(47)61-48)38-26-28-52-46(31-38)42-20-8-10-24-50(42)63-52/h1-10,12-17,19-33H,11,18H2. The molecule has 0 radical (unpaired) electrons. The second-order valence-electron chi connectivity index (χ2n) is 16.2. The number of hydrogen-bond donors (Lipinski definition) is 0. The summed E-state index contributed by atoms with van der Waals surface area (Å²) in [4.78, 5) is 15.8. The van der Waals surface area contributed by atoms with Crippen LogP contribution in [-0.2, 0) is 0 Å². The molecule has 0 N–H and O–H groups in total. The van der Waals surface area contributed by atoms with Crippen molar-refractivity contribution in [1.82, 2.24) is 15.0 Å². The highest BCUT2D eigenvalue weighted by molar-refractivity contribution is 7.26. The zero-order chi connectivity index (χ0) is 41.4. The number of fused-ring (bicyclic) bond motifs is 9. The molecule has 12 aromatic rings. The second kappa shape index (κ2) is 14.6. The molecule has 0 saturated carbocycles. The summed E-state index contributed by atoms with van der Waals surface area (Å²) >= 11 is 3.68. The molecule has 4 heterocycles. The van der Waals surface area contributed by atoms with Crippen LogP contribution in [0.1, 0.15) is 24.2 Å². The maximum absolute atomic E-state index is 7.03. The van der Waals surface area contributed by atoms with Gasteiger partial charge in [0.1, 0.15) is 11.2 Å². The summed E-state index contributed by atoms with van der Waals surface area (Å²) in [6.45, 7) is 0. The third kappa shape index (κ3) is 6.13. The summed E-state index contributed by atoms with van der Waals surface area (Å²) in [7, 11) is 0. The van der Waals surface area contributed by atoms with Crippen LogP contribution in [0.25, 0.3) is 118 Å². The van der Waals surface area contributed by atoms with E-state index in [1.54, 1.807) is 0 Å². The van der Waals surface area contributed by atoms with Crippen molar-refractivity contribution in [2.75, 3.05) is 0 Å². The van der Waals surface area contributed by atoms with E-state index in [1.807, 2.05) is 40.9 Å². The number of hydrogen-bond acceptors (Lipinski definition) is 6. The Labute approximate surface area is 370 Å². The lowest BCUT2D eigenvalue weighted by atomic mass is 9.93. The molecule has 4 nitrogen and oxygen atoms in total. The topological polar surface area (TPSA) is 51.8 Å². The molecule has 0 bridgehead atoms. The van der Waals surface area contributed by atoms with Crippen molar-refractivity contribution in [3.63, 3.8) is 0 Å². The molecule has 8 aromatic carbocycles. The summed E-state index contributed by atoms with van der Waals surface area (Å²) in [5.74, 6) is 1.96. The maximum Gasteiger partial charge on any atom is 0.164 e. The number of aromatic nitrogens is 3. The summed E-state index contributed by atoms with van der Waals surface area (Å²) in [6, 6.07) is 62.8. The molecule has 0 unspecified atom stereocenters. The highest BCUT2D eigenvalue weighted by atomic mass is 32.1. The molecule has 296 valence electrons. The van der Waals surface area contributed by atoms with E-state index < -0.39 is 0 Å². The van der Waals surface area contributed by atoms with E-state index in [0.717, 1.165) is 73.7 Å². The van der Waals surface area contributed by atoms with E-state index >= 15 is 0 Å². The number of nitrogens with zero attached hydrogens (tertiary/aromatic N) is 3. The highest BCUT2D eigenvalue weighted by Crippen LogP contribution is 2.46. The minimum absolute atomic E-state index is 0.619. The Kier molecular flexibility index (Phi) is 8.36. The third-order valence-electron chi connectivity index (χ3n) is 12.4. The Morgan fingerprint density at radius 3 is 1.76 bits per heavy atom. The van der Waals surface area contributed by atoms with E-state index in [-0.39, 0.29) is 0 Å². The van der Waals surface area contributed by atoms with Crippen molar-refractivity contribution in [3.8, 4) is 45.0 Å². The van der Waals surface area contributed by atoms with Gasteiger partial charge < -0.3 is 4.42 Å². The molecule has 4 aromatic heterocycles. The Balaban J connectivity index is 1.06. The summed E-state index contributed by atoms with van der Waals surface area (Å²) in [6.07, 6.45) is 6.31. The predicted molar refractivity (Wildman–Crippen MR) is 266 cm³/mol. The predicted octanol–water partition coefficient (Wildman–Crippen LogP) is 16.4. The van der Waals surface area contributed by atoms with Gasteiger partial charge in [0.2, 0.25) is 0 Å². The van der Waals surface area contributed by atoms with Crippen LogP contribution in [0.2, 0.25) is 0 Å². The zero-order valence-electron chi connectivity index (χ0n) is 33.9. The minimum atomic E-state index is 0.619. The molecular weight excluding hydrogens is 807 g/mol. The van der Waals surface area contributed by atoms with Gasteiger partial charge in [-0.1, -0.05) is 127 Å². The fraction of sp³-hybridized carbons (Fsp3) is 0.0351. The first-order valence-corrected chi connectivity index (χ1v) is 22.9. The molecule has 1 aliphatic carbocycles. The van der Waals surface area contributed by atoms with Crippen LogP contribution in [-0.4, -0.2) is 15.0 Å². The van der Waals surface area contributed by atoms with Crippen LogP contribution in [0.15, 0.2) is 192 Å². The average molecular weight is 842 g/mol. The molecule has 0 fully saturated rings. The van der Waals surface area contributed by atoms with Crippen molar-refractivity contribution in [2.24, 2.45) is 0 Å². The summed E-state index contributed by atoms with van der Waals surface area (Å²) in [5, 5.41) is 7.08. The van der Waals surface area contributed by atoms with Gasteiger partial charge in [0.05, 0.1) is 0 Å². The van der Waals surface area contributed by atoms with Crippen LogP contribution in [0.3, 0.4) is 0 Å². The van der Waals surface area contributed by atoms with E-state index in [1.165, 1.54) is 51.5 Å². The van der Waals surface area contributed by atoms with Gasteiger partial charge in [-0.3, -0.25) is 0 Å². The van der Waals surface area contributed by atoms with Gasteiger partial charge in [-0.15, -0.1) is 22.7 Å². The van der Waals surface area contributed by atoms with Gasteiger partial charge in [0.25, 0.3) is 0 Å². The minimum Gasteiger partial charge on any atom is -0.455 e. The lowest BCUT2D eigenvalue weighted by Gasteiger charge is -2.15. The summed E-state index contributed by atoms with van der Waals surface area (Å²) in [5.41, 5.74) is 11.4. The second-order valence-corrected chi connectivity index (χ2v) is 18.4. The van der Waals surface area contributed by atoms with Gasteiger partial charge >= 0.3 is 0 Å². The lowest BCUT2D eigenvalue weighted by Crippen LogP contribution is -2.04. The summed E-state index contributed by atoms with van der Waals surface area (Å²) < 4.78 is 12.2. The van der Waals surface area contributed by atoms with Crippen LogP contribution < -0.4 is 0 Å². The number of benzene rings is 8. The largest absolute Gasteiger partial charge is 0.455 e. The Morgan fingerprint density at radius 2 is 1.02 bits per heavy atom. The molecule has 0 saturated heterocycles. The molecule has 1 aliphatic rings. The van der Waals surface area contributed by atoms with E-state index in [2.05, 4.69) is 170 Å². The smallest absolute Gasteiger partial charge is 0.164 e. The van der Waals surface area contributed by atoms with Crippen LogP contribution in [0, 0.1) is 0 Å². The molecule has 0 amide bonds. The van der Waals surface area contributed by atoms with Gasteiger partial charge in [-0.05, 0) is 107 Å². The fourth-order valence-electron chi connectivity index (χ4n) is 9.36. The quantitative estimate of drug-likeness (QED) is 0.167. The fourth-order valence-corrected chi connectivity index (χ4v) is 11.5. The number of allylic oxidation sites excluding steroid dienone is 4. The molecular formula is C57H35N3OS2. The van der Waals surface area contributed by atoms with Gasteiger partial charge in [0, 0.05) is 67.8 Å². The molecule has 0 spiro atoms. The SMILES string of the molecule is C1=C(c2ccccc2)C=C(c2nc(-c3ccccc3)nc(-c3cccc4oc5c(-c6ccc7sc8ccccc8c7c6)cc(-c6ccc7sc8ccccc8c7c6)cc5c34)n2)CC1. The van der Waals surface area contributed by atoms with E-state index in [0.29, 0.717) is 17.5 Å². The monoisotopic (exact) mass is 841 g/mol. The van der Waals surface area contributed by atoms with Gasteiger partial charge in [0.15, 0.2) is 17.5 Å². The molecule has 6 heteroatoms. The van der Waals surface area contributed by atoms with Crippen LogP contribution in [0.4, 0.5) is 0 Å². The molecule has 0 aliphatic heterocycles. The van der Waals surface area contributed by atoms with Crippen molar-refractivity contribution in [3.05, 3.63) is 199 Å². The molecule has 0 atom stereocenters. The normalized spacial score (nSPS) is 13.1. The third-order valence-corrected chi connectivity index (χ3v) is 14.7. The first-order chi connectivity index (χ1) is 31.2. The van der Waals surface area contributed by atoms with Crippen molar-refractivity contribution < 1.29 is 4.42 Å². The molecule has 13 rings (SSSR count). The first-order valence-electron chi connectivity index (χ1n) is 21.3. The maximum atomic E-state index is 7.03. The number of furan rings is 1. The Hall–Kier alpha value is -7.51. The van der Waals surface area contributed by atoms with Gasteiger partial charge in [-0.25, -0.2) is 15.0 Å². The lowest BCUT2D eigenvalue weighted by molar-refractivity contribution is 0.670. The van der Waals surface area contributed by atoms with Gasteiger partial charge in [-0.2, -0.15) is 0 Å². The first kappa shape index (κ1) is 36.2. The van der Waals surface area contributed by atoms with Crippen LogP contribution >= 0.6 is 22.7 Å².